The van der Waals surface area contributed by atoms with E-state index in [0.29, 0.717) is 43.4 Å². The van der Waals surface area contributed by atoms with Crippen LogP contribution in [0, 0.1) is 11.8 Å². The summed E-state index contributed by atoms with van der Waals surface area (Å²) in [6.45, 7) is 15.7. The van der Waals surface area contributed by atoms with Crippen molar-refractivity contribution in [1.82, 2.24) is 4.90 Å². The van der Waals surface area contributed by atoms with E-state index in [1.807, 2.05) is 7.11 Å². The van der Waals surface area contributed by atoms with Crippen LogP contribution in [0.15, 0.2) is 0 Å². The maximum Gasteiger partial charge on any atom is 0.306 e. The number of hydrogen-bond acceptors (Lipinski definition) is 7. The number of hydrogen-bond donors (Lipinski definition) is 0. The van der Waals surface area contributed by atoms with Gasteiger partial charge >= 0.3 is 5.97 Å². The van der Waals surface area contributed by atoms with Gasteiger partial charge in [-0.2, -0.15) is 0 Å². The fourth-order valence-electron chi connectivity index (χ4n) is 7.59. The SMILES string of the molecule is CC(C)N(C)CCCC=O.CCCCC(CC=O)CCCC.CCCCC(CCCC)CC(=O)OCCCCCCCCCCC(CCCCCCCCCCOC)OC. The quantitative estimate of drug-likeness (QED) is 0.0343. The summed E-state index contributed by atoms with van der Waals surface area (Å²) in [4.78, 5) is 34.7. The van der Waals surface area contributed by atoms with E-state index in [2.05, 4.69) is 53.5 Å². The zero-order valence-corrected chi connectivity index (χ0v) is 42.0. The first-order valence-electron chi connectivity index (χ1n) is 26.0. The third kappa shape index (κ3) is 51.0. The van der Waals surface area contributed by atoms with Gasteiger partial charge in [0.1, 0.15) is 12.6 Å². The number of esters is 1. The lowest BCUT2D eigenvalue weighted by atomic mass is 9.93. The highest BCUT2D eigenvalue weighted by Crippen LogP contribution is 2.21. The summed E-state index contributed by atoms with van der Waals surface area (Å²) in [5.74, 6) is 1.22. The molecule has 0 aromatic rings. The molecule has 0 aliphatic rings. The van der Waals surface area contributed by atoms with Crippen molar-refractivity contribution in [2.45, 2.75) is 272 Å². The predicted molar refractivity (Wildman–Crippen MR) is 260 cm³/mol. The van der Waals surface area contributed by atoms with Crippen LogP contribution in [0.25, 0.3) is 0 Å². The third-order valence-corrected chi connectivity index (χ3v) is 12.1. The van der Waals surface area contributed by atoms with Crippen LogP contribution in [-0.2, 0) is 28.6 Å². The molecule has 0 aromatic carbocycles. The molecule has 7 nitrogen and oxygen atoms in total. The van der Waals surface area contributed by atoms with E-state index in [-0.39, 0.29) is 5.97 Å². The van der Waals surface area contributed by atoms with E-state index in [1.165, 1.54) is 186 Å². The molecule has 0 bridgehead atoms. The fraction of sp³-hybridized carbons (Fsp3) is 0.943. The molecule has 0 saturated carbocycles. The van der Waals surface area contributed by atoms with Crippen LogP contribution in [0.4, 0.5) is 0 Å². The Hall–Kier alpha value is -1.31. The summed E-state index contributed by atoms with van der Waals surface area (Å²) in [6, 6.07) is 0.589. The summed E-state index contributed by atoms with van der Waals surface area (Å²) >= 11 is 0. The second-order valence-electron chi connectivity index (χ2n) is 18.1. The molecule has 0 radical (unpaired) electrons. The maximum atomic E-state index is 12.2. The number of carbonyl (C=O) groups is 3. The van der Waals surface area contributed by atoms with Crippen molar-refractivity contribution >= 4 is 18.5 Å². The Morgan fingerprint density at radius 1 is 0.517 bits per heavy atom. The Bertz CT molecular complexity index is 822. The Labute approximate surface area is 375 Å². The minimum atomic E-state index is 0.0287. The molecule has 0 saturated heterocycles. The normalized spacial score (nSPS) is 11.8. The number of unbranched alkanes of at least 4 members (excludes halogenated alkanes) is 19. The molecule has 0 aliphatic carbocycles. The summed E-state index contributed by atoms with van der Waals surface area (Å²) in [6.07, 6.45) is 43.6. The smallest absolute Gasteiger partial charge is 0.306 e. The molecule has 60 heavy (non-hydrogen) atoms. The number of carbonyl (C=O) groups excluding carboxylic acids is 3. The standard InChI is InChI=1S/C34H68O4.C11H22O.C8H17NO/c1-5-7-25-32(26-8-6-2)31-34(35)38-30-24-20-16-12-10-14-18-22-28-33(37-4)27-21-17-13-9-11-15-19-23-29-36-3;1-3-5-7-11(9-10-12)8-6-4-2;1-8(2)9(3)6-4-5-7-10/h32-33H,5-31H2,1-4H3;10-11H,3-9H2,1-2H3;7-8H,4-6H2,1-3H3. The number of nitrogens with zero attached hydrogens (tertiary/aromatic N) is 1. The molecule has 0 fully saturated rings. The van der Waals surface area contributed by atoms with Crippen molar-refractivity contribution in [1.29, 1.82) is 0 Å². The van der Waals surface area contributed by atoms with Gasteiger partial charge in [-0.15, -0.1) is 0 Å². The Morgan fingerprint density at radius 3 is 1.32 bits per heavy atom. The van der Waals surface area contributed by atoms with Gasteiger partial charge in [0.2, 0.25) is 0 Å². The second kappa shape index (κ2) is 53.8. The van der Waals surface area contributed by atoms with Crippen LogP contribution in [-0.4, -0.2) is 76.6 Å². The van der Waals surface area contributed by atoms with Crippen molar-refractivity contribution in [3.8, 4) is 0 Å². The van der Waals surface area contributed by atoms with Gasteiger partial charge in [0, 0.05) is 46.1 Å². The van der Waals surface area contributed by atoms with Gasteiger partial charge in [-0.05, 0) is 84.2 Å². The third-order valence-electron chi connectivity index (χ3n) is 12.1. The lowest BCUT2D eigenvalue weighted by Crippen LogP contribution is -2.27. The summed E-state index contributed by atoms with van der Waals surface area (Å²) in [5.41, 5.74) is 0. The van der Waals surface area contributed by atoms with Gasteiger partial charge in [-0.25, -0.2) is 0 Å². The first kappa shape index (κ1) is 63.0. The molecule has 0 heterocycles. The van der Waals surface area contributed by atoms with Crippen LogP contribution in [0.3, 0.4) is 0 Å². The molecule has 0 rings (SSSR count). The lowest BCUT2D eigenvalue weighted by Gasteiger charge is -2.19. The van der Waals surface area contributed by atoms with Crippen molar-refractivity contribution in [2.24, 2.45) is 11.8 Å². The van der Waals surface area contributed by atoms with Gasteiger partial charge < -0.3 is 28.7 Å². The van der Waals surface area contributed by atoms with Gasteiger partial charge in [0.25, 0.3) is 0 Å². The maximum absolute atomic E-state index is 12.2. The molecular formula is C53H107NO6. The zero-order valence-electron chi connectivity index (χ0n) is 42.0. The molecule has 360 valence electrons. The second-order valence-corrected chi connectivity index (χ2v) is 18.1. The molecule has 0 aliphatic heterocycles. The average Bonchev–Trinajstić information content (AvgIpc) is 3.24. The van der Waals surface area contributed by atoms with Crippen LogP contribution in [0.5, 0.6) is 0 Å². The Balaban J connectivity index is -0.00000119. The van der Waals surface area contributed by atoms with E-state index < -0.39 is 0 Å². The van der Waals surface area contributed by atoms with Gasteiger partial charge in [-0.1, -0.05) is 182 Å². The Morgan fingerprint density at radius 2 is 0.933 bits per heavy atom. The summed E-state index contributed by atoms with van der Waals surface area (Å²) < 4.78 is 16.4. The highest BCUT2D eigenvalue weighted by atomic mass is 16.5. The monoisotopic (exact) mass is 854 g/mol. The van der Waals surface area contributed by atoms with E-state index >= 15 is 0 Å². The molecule has 0 N–H and O–H groups in total. The first-order valence-corrected chi connectivity index (χ1v) is 26.0. The van der Waals surface area contributed by atoms with Gasteiger partial charge in [0.05, 0.1) is 12.7 Å². The van der Waals surface area contributed by atoms with Crippen molar-refractivity contribution < 1.29 is 28.6 Å². The van der Waals surface area contributed by atoms with Crippen LogP contribution < -0.4 is 0 Å². The minimum absolute atomic E-state index is 0.0287. The van der Waals surface area contributed by atoms with Gasteiger partial charge in [0.15, 0.2) is 0 Å². The van der Waals surface area contributed by atoms with Crippen molar-refractivity contribution in [2.75, 3.05) is 41.0 Å². The highest BCUT2D eigenvalue weighted by Gasteiger charge is 2.14. The number of rotatable bonds is 44. The van der Waals surface area contributed by atoms with E-state index in [0.717, 1.165) is 45.0 Å². The number of ether oxygens (including phenoxy) is 3. The fourth-order valence-corrected chi connectivity index (χ4v) is 7.59. The molecule has 1 atom stereocenters. The predicted octanol–water partition coefficient (Wildman–Crippen LogP) is 15.5. The Kier molecular flexibility index (Phi) is 56.5. The molecule has 0 amide bonds. The summed E-state index contributed by atoms with van der Waals surface area (Å²) in [7, 11) is 5.76. The highest BCUT2D eigenvalue weighted by molar-refractivity contribution is 5.69. The number of aldehydes is 2. The minimum Gasteiger partial charge on any atom is -0.466 e. The van der Waals surface area contributed by atoms with Crippen LogP contribution in [0.1, 0.15) is 260 Å². The molecule has 0 spiro atoms. The lowest BCUT2D eigenvalue weighted by molar-refractivity contribution is -0.145. The van der Waals surface area contributed by atoms with E-state index in [9.17, 15) is 14.4 Å². The van der Waals surface area contributed by atoms with E-state index in [1.54, 1.807) is 7.11 Å². The van der Waals surface area contributed by atoms with Crippen LogP contribution in [0.2, 0.25) is 0 Å². The van der Waals surface area contributed by atoms with Crippen molar-refractivity contribution in [3.05, 3.63) is 0 Å². The molecule has 1 unspecified atom stereocenters. The first-order chi connectivity index (χ1) is 29.2. The topological polar surface area (TPSA) is 82.1 Å². The van der Waals surface area contributed by atoms with Gasteiger partial charge in [-0.3, -0.25) is 4.79 Å². The summed E-state index contributed by atoms with van der Waals surface area (Å²) in [5, 5.41) is 0. The largest absolute Gasteiger partial charge is 0.466 e. The molecular weight excluding hydrogens is 747 g/mol. The van der Waals surface area contributed by atoms with Crippen LogP contribution >= 0.6 is 0 Å². The number of methoxy groups -OCH3 is 2. The molecule has 7 heteroatoms. The molecule has 0 aromatic heterocycles. The zero-order chi connectivity index (χ0) is 45.2. The van der Waals surface area contributed by atoms with E-state index in [4.69, 9.17) is 14.2 Å². The van der Waals surface area contributed by atoms with Crippen molar-refractivity contribution in [3.63, 3.8) is 0 Å². The average molecular weight is 854 g/mol.